The molecule has 11 heteroatoms. The van der Waals surface area contributed by atoms with Crippen molar-refractivity contribution in [1.82, 2.24) is 19.7 Å². The van der Waals surface area contributed by atoms with Crippen LogP contribution in [0, 0.1) is 11.2 Å². The summed E-state index contributed by atoms with van der Waals surface area (Å²) in [4.78, 5) is 32.0. The van der Waals surface area contributed by atoms with Crippen LogP contribution in [0.25, 0.3) is 11.3 Å². The van der Waals surface area contributed by atoms with Gasteiger partial charge in [0.2, 0.25) is 0 Å². The Kier molecular flexibility index (Phi) is 10.3. The van der Waals surface area contributed by atoms with E-state index in [1.807, 2.05) is 51.1 Å². The SMILES string of the molecule is CC(=O)OCc1c(Cc2c(F)cc(C(C)(C)C)cc2C=N)cccc1-c1cc(Nc2ccc(OC(C)(C)CN3CCC3)cn2)c(=O)n(C)n1. The van der Waals surface area contributed by atoms with Gasteiger partial charge in [0.1, 0.15) is 35.3 Å². The zero-order chi connectivity index (χ0) is 35.5. The van der Waals surface area contributed by atoms with Crippen LogP contribution in [0.4, 0.5) is 15.9 Å². The average Bonchev–Trinajstić information content (AvgIpc) is 3.01. The summed E-state index contributed by atoms with van der Waals surface area (Å²) in [5.41, 5.74) is 3.20. The number of hydrogen-bond acceptors (Lipinski definition) is 9. The minimum atomic E-state index is -0.472. The van der Waals surface area contributed by atoms with Crippen molar-refractivity contribution < 1.29 is 18.7 Å². The number of anilines is 2. The Balaban J connectivity index is 1.47. The predicted octanol–water partition coefficient (Wildman–Crippen LogP) is 6.54. The lowest BCUT2D eigenvalue weighted by atomic mass is 9.84. The van der Waals surface area contributed by atoms with Crippen molar-refractivity contribution in [1.29, 1.82) is 5.41 Å². The van der Waals surface area contributed by atoms with Crippen molar-refractivity contribution in [3.05, 3.63) is 98.7 Å². The van der Waals surface area contributed by atoms with Crippen LogP contribution >= 0.6 is 0 Å². The number of aromatic nitrogens is 3. The molecule has 0 spiro atoms. The monoisotopic (exact) mass is 668 g/mol. The Bertz CT molecular complexity index is 1910. The van der Waals surface area contributed by atoms with Crippen molar-refractivity contribution in [2.24, 2.45) is 7.05 Å². The largest absolute Gasteiger partial charge is 0.485 e. The third-order valence-electron chi connectivity index (χ3n) is 8.60. The molecule has 4 aromatic rings. The highest BCUT2D eigenvalue weighted by molar-refractivity contribution is 5.80. The van der Waals surface area contributed by atoms with Gasteiger partial charge in [-0.1, -0.05) is 39.0 Å². The van der Waals surface area contributed by atoms with Crippen molar-refractivity contribution in [3.63, 3.8) is 0 Å². The number of pyridine rings is 1. The van der Waals surface area contributed by atoms with Crippen LogP contribution in [0.15, 0.2) is 59.5 Å². The average molecular weight is 669 g/mol. The Morgan fingerprint density at radius 3 is 2.45 bits per heavy atom. The normalized spacial score (nSPS) is 13.5. The van der Waals surface area contributed by atoms with E-state index in [0.717, 1.165) is 31.4 Å². The van der Waals surface area contributed by atoms with Gasteiger partial charge in [-0.3, -0.25) is 14.5 Å². The van der Waals surface area contributed by atoms with Crippen molar-refractivity contribution in [2.45, 2.75) is 72.0 Å². The molecule has 3 heterocycles. The number of hydrogen-bond donors (Lipinski definition) is 2. The van der Waals surface area contributed by atoms with E-state index in [1.54, 1.807) is 25.4 Å². The lowest BCUT2D eigenvalue weighted by Crippen LogP contribution is -2.48. The number of rotatable bonds is 12. The summed E-state index contributed by atoms with van der Waals surface area (Å²) >= 11 is 0. The van der Waals surface area contributed by atoms with E-state index in [0.29, 0.717) is 45.1 Å². The molecule has 0 amide bonds. The van der Waals surface area contributed by atoms with Gasteiger partial charge >= 0.3 is 5.97 Å². The highest BCUT2D eigenvalue weighted by atomic mass is 19.1. The Morgan fingerprint density at radius 2 is 1.84 bits per heavy atom. The molecule has 2 aromatic carbocycles. The minimum absolute atomic E-state index is 0.0904. The van der Waals surface area contributed by atoms with Gasteiger partial charge in [-0.15, -0.1) is 0 Å². The molecular weight excluding hydrogens is 623 g/mol. The molecule has 0 atom stereocenters. The van der Waals surface area contributed by atoms with Crippen LogP contribution < -0.4 is 15.6 Å². The molecule has 2 N–H and O–H groups in total. The smallest absolute Gasteiger partial charge is 0.302 e. The summed E-state index contributed by atoms with van der Waals surface area (Å²) in [6, 6.07) is 14.0. The highest BCUT2D eigenvalue weighted by Crippen LogP contribution is 2.32. The number of nitrogens with one attached hydrogen (secondary N) is 2. The number of carbonyl (C=O) groups is 1. The molecule has 0 saturated carbocycles. The molecule has 2 aromatic heterocycles. The van der Waals surface area contributed by atoms with Crippen LogP contribution in [-0.2, 0) is 35.0 Å². The number of esters is 1. The predicted molar refractivity (Wildman–Crippen MR) is 189 cm³/mol. The van der Waals surface area contributed by atoms with Crippen LogP contribution in [0.2, 0.25) is 0 Å². The maximum atomic E-state index is 15.7. The van der Waals surface area contributed by atoms with Gasteiger partial charge in [-0.05, 0) is 85.8 Å². The van der Waals surface area contributed by atoms with Crippen molar-refractivity contribution in [2.75, 3.05) is 25.0 Å². The minimum Gasteiger partial charge on any atom is -0.485 e. The summed E-state index contributed by atoms with van der Waals surface area (Å²) in [6.07, 6.45) is 4.15. The third kappa shape index (κ3) is 8.58. The zero-order valence-corrected chi connectivity index (χ0v) is 29.3. The van der Waals surface area contributed by atoms with Gasteiger partial charge in [-0.2, -0.15) is 5.10 Å². The molecule has 258 valence electrons. The van der Waals surface area contributed by atoms with E-state index in [9.17, 15) is 9.59 Å². The molecule has 0 aliphatic carbocycles. The molecule has 5 rings (SSSR count). The Morgan fingerprint density at radius 1 is 1.08 bits per heavy atom. The number of aryl methyl sites for hydroxylation is 1. The van der Waals surface area contributed by atoms with Gasteiger partial charge in [-0.25, -0.2) is 14.1 Å². The van der Waals surface area contributed by atoms with E-state index in [-0.39, 0.29) is 35.3 Å². The van der Waals surface area contributed by atoms with Gasteiger partial charge in [0.15, 0.2) is 0 Å². The van der Waals surface area contributed by atoms with E-state index in [1.165, 1.54) is 24.1 Å². The lowest BCUT2D eigenvalue weighted by Gasteiger charge is -2.38. The van der Waals surface area contributed by atoms with Gasteiger partial charge in [0, 0.05) is 49.8 Å². The topological polar surface area (TPSA) is 122 Å². The molecule has 1 fully saturated rings. The number of benzene rings is 2. The molecule has 49 heavy (non-hydrogen) atoms. The first-order valence-electron chi connectivity index (χ1n) is 16.4. The van der Waals surface area contributed by atoms with E-state index in [4.69, 9.17) is 14.9 Å². The maximum Gasteiger partial charge on any atom is 0.302 e. The number of halogens is 1. The Hall–Kier alpha value is -4.90. The fourth-order valence-corrected chi connectivity index (χ4v) is 5.89. The molecule has 1 aliphatic heterocycles. The molecular formula is C38H45FN6O4. The van der Waals surface area contributed by atoms with Crippen LogP contribution in [0.3, 0.4) is 0 Å². The van der Waals surface area contributed by atoms with E-state index >= 15 is 4.39 Å². The van der Waals surface area contributed by atoms with Gasteiger partial charge in [0.05, 0.1) is 11.9 Å². The molecule has 1 saturated heterocycles. The molecule has 0 bridgehead atoms. The van der Waals surface area contributed by atoms with E-state index < -0.39 is 11.8 Å². The molecule has 10 nitrogen and oxygen atoms in total. The quantitative estimate of drug-likeness (QED) is 0.129. The molecule has 0 unspecified atom stereocenters. The summed E-state index contributed by atoms with van der Waals surface area (Å²) in [6.45, 7) is 14.3. The van der Waals surface area contributed by atoms with Crippen LogP contribution in [-0.4, -0.2) is 57.1 Å². The fraction of sp³-hybridized carbons (Fsp3) is 0.395. The standard InChI is InChI=1S/C38H45FN6O4/c1-24(46)48-22-31-25(17-30-26(20-40)16-27(18-32(30)39)37(2,3)4)10-8-11-29(31)33-19-34(36(47)44(7)43-33)42-35-13-12-28(21-41-35)49-38(5,6)23-45-14-9-15-45/h8,10-13,16,18-21,40H,9,14-15,17,22-23H2,1-7H3,(H,41,42). The first-order chi connectivity index (χ1) is 23.1. The van der Waals surface area contributed by atoms with Crippen LogP contribution in [0.5, 0.6) is 5.75 Å². The van der Waals surface area contributed by atoms with Gasteiger partial charge in [0.25, 0.3) is 5.56 Å². The first-order valence-corrected chi connectivity index (χ1v) is 16.4. The second-order valence-corrected chi connectivity index (χ2v) is 14.2. The summed E-state index contributed by atoms with van der Waals surface area (Å²) in [7, 11) is 1.56. The van der Waals surface area contributed by atoms with Gasteiger partial charge < -0.3 is 20.2 Å². The summed E-state index contributed by atoms with van der Waals surface area (Å²) in [5.74, 6) is 0.191. The fourth-order valence-electron chi connectivity index (χ4n) is 5.89. The second kappa shape index (κ2) is 14.3. The third-order valence-corrected chi connectivity index (χ3v) is 8.60. The summed E-state index contributed by atoms with van der Waals surface area (Å²) < 4.78 is 28.5. The number of carbonyl (C=O) groups excluding carboxylic acids is 1. The van der Waals surface area contributed by atoms with Crippen molar-refractivity contribution >= 4 is 23.7 Å². The Labute approximate surface area is 286 Å². The van der Waals surface area contributed by atoms with E-state index in [2.05, 4.69) is 34.1 Å². The molecule has 1 aliphatic rings. The number of nitrogens with zero attached hydrogens (tertiary/aromatic N) is 4. The number of ether oxygens (including phenoxy) is 2. The lowest BCUT2D eigenvalue weighted by molar-refractivity contribution is -0.142. The van der Waals surface area contributed by atoms with Crippen molar-refractivity contribution in [3.8, 4) is 17.0 Å². The molecule has 0 radical (unpaired) electrons. The first kappa shape index (κ1) is 35.4. The maximum absolute atomic E-state index is 15.7. The summed E-state index contributed by atoms with van der Waals surface area (Å²) in [5, 5.41) is 15.7. The van der Waals surface area contributed by atoms with Crippen LogP contribution in [0.1, 0.15) is 75.8 Å². The zero-order valence-electron chi connectivity index (χ0n) is 29.3. The second-order valence-electron chi connectivity index (χ2n) is 14.2. The highest BCUT2D eigenvalue weighted by Gasteiger charge is 2.27. The number of likely N-dealkylation sites (tertiary alicyclic amines) is 1.